The van der Waals surface area contributed by atoms with Gasteiger partial charge in [0.2, 0.25) is 5.91 Å². The first-order chi connectivity index (χ1) is 12.8. The second-order valence-corrected chi connectivity index (χ2v) is 5.90. The lowest BCUT2D eigenvalue weighted by molar-refractivity contribution is -0.137. The van der Waals surface area contributed by atoms with Gasteiger partial charge in [-0.1, -0.05) is 12.1 Å². The first-order valence-electron chi connectivity index (χ1n) is 8.34. The van der Waals surface area contributed by atoms with E-state index in [1.807, 2.05) is 0 Å². The van der Waals surface area contributed by atoms with Crippen LogP contribution in [0, 0.1) is 0 Å². The number of carbonyl (C=O) groups excluding carboxylic acids is 2. The van der Waals surface area contributed by atoms with Crippen LogP contribution in [0.3, 0.4) is 0 Å². The van der Waals surface area contributed by atoms with Gasteiger partial charge in [0.05, 0.1) is 5.56 Å². The van der Waals surface area contributed by atoms with Crippen LogP contribution in [0.4, 0.5) is 18.9 Å². The first kappa shape index (κ1) is 20.4. The molecule has 0 saturated carbocycles. The molecule has 5 nitrogen and oxygen atoms in total. The van der Waals surface area contributed by atoms with E-state index >= 15 is 0 Å². The second kappa shape index (κ2) is 9.18. The highest BCUT2D eigenvalue weighted by molar-refractivity contribution is 5.94. The van der Waals surface area contributed by atoms with Crippen LogP contribution in [0.5, 0.6) is 0 Å². The summed E-state index contributed by atoms with van der Waals surface area (Å²) in [5.74, 6) is -0.591. The lowest BCUT2D eigenvalue weighted by atomic mass is 10.1. The predicted molar refractivity (Wildman–Crippen MR) is 96.0 cm³/mol. The molecule has 2 rings (SSSR count). The Kier molecular flexibility index (Phi) is 6.95. The third-order valence-electron chi connectivity index (χ3n) is 3.77. The number of rotatable bonds is 7. The van der Waals surface area contributed by atoms with Gasteiger partial charge >= 0.3 is 6.18 Å². The number of hydrogen-bond acceptors (Lipinski definition) is 3. The van der Waals surface area contributed by atoms with E-state index in [1.165, 1.54) is 0 Å². The van der Waals surface area contributed by atoms with Crippen LogP contribution in [-0.2, 0) is 17.5 Å². The van der Waals surface area contributed by atoms with Crippen molar-refractivity contribution in [1.29, 1.82) is 0 Å². The molecule has 0 unspecified atom stereocenters. The van der Waals surface area contributed by atoms with Crippen LogP contribution >= 0.6 is 0 Å². The molecule has 0 radical (unpaired) electrons. The largest absolute Gasteiger partial charge is 0.416 e. The Morgan fingerprint density at radius 3 is 2.15 bits per heavy atom. The van der Waals surface area contributed by atoms with Gasteiger partial charge in [0, 0.05) is 24.2 Å². The van der Waals surface area contributed by atoms with Gasteiger partial charge in [0.25, 0.3) is 5.91 Å². The molecule has 0 saturated heterocycles. The standard InChI is InChI=1S/C19H20F3N3O2/c20-19(21,22)15-7-5-14(6-8-15)18(27)24-12-13-3-9-16(10-4-13)25-17(26)2-1-11-23/h3-10H,1-2,11-12,23H2,(H,24,27)(H,25,26). The Balaban J connectivity index is 1.87. The van der Waals surface area contributed by atoms with Crippen molar-refractivity contribution in [2.45, 2.75) is 25.6 Å². The highest BCUT2D eigenvalue weighted by atomic mass is 19.4. The fourth-order valence-corrected chi connectivity index (χ4v) is 2.29. The quantitative estimate of drug-likeness (QED) is 0.690. The van der Waals surface area contributed by atoms with Gasteiger partial charge in [0.1, 0.15) is 0 Å². The molecule has 0 aromatic heterocycles. The van der Waals surface area contributed by atoms with Crippen molar-refractivity contribution in [3.05, 3.63) is 65.2 Å². The van der Waals surface area contributed by atoms with Gasteiger partial charge in [-0.2, -0.15) is 13.2 Å². The van der Waals surface area contributed by atoms with E-state index in [0.29, 0.717) is 25.1 Å². The third-order valence-corrected chi connectivity index (χ3v) is 3.77. The molecular formula is C19H20F3N3O2. The second-order valence-electron chi connectivity index (χ2n) is 5.90. The monoisotopic (exact) mass is 379 g/mol. The summed E-state index contributed by atoms with van der Waals surface area (Å²) >= 11 is 0. The lowest BCUT2D eigenvalue weighted by Gasteiger charge is -2.09. The average Bonchev–Trinajstić information content (AvgIpc) is 2.65. The minimum absolute atomic E-state index is 0.121. The van der Waals surface area contributed by atoms with Gasteiger partial charge in [-0.15, -0.1) is 0 Å². The van der Waals surface area contributed by atoms with Gasteiger partial charge in [-0.25, -0.2) is 0 Å². The molecule has 2 aromatic carbocycles. The van der Waals surface area contributed by atoms with Gasteiger partial charge in [0.15, 0.2) is 0 Å². The zero-order chi connectivity index (χ0) is 19.9. The summed E-state index contributed by atoms with van der Waals surface area (Å²) in [6.45, 7) is 0.659. The van der Waals surface area contributed by atoms with Crippen LogP contribution in [0.25, 0.3) is 0 Å². The van der Waals surface area contributed by atoms with E-state index in [9.17, 15) is 22.8 Å². The topological polar surface area (TPSA) is 84.2 Å². The molecular weight excluding hydrogens is 359 g/mol. The summed E-state index contributed by atoms with van der Waals surface area (Å²) in [4.78, 5) is 23.7. The molecule has 0 bridgehead atoms. The zero-order valence-corrected chi connectivity index (χ0v) is 14.5. The van der Waals surface area contributed by atoms with Gasteiger partial charge in [-0.3, -0.25) is 9.59 Å². The smallest absolute Gasteiger partial charge is 0.348 e. The molecule has 0 atom stereocenters. The minimum atomic E-state index is -4.43. The Morgan fingerprint density at radius 1 is 0.963 bits per heavy atom. The number of anilines is 1. The van der Waals surface area contributed by atoms with E-state index in [2.05, 4.69) is 10.6 Å². The number of nitrogens with one attached hydrogen (secondary N) is 2. The van der Waals surface area contributed by atoms with Crippen molar-refractivity contribution >= 4 is 17.5 Å². The number of hydrogen-bond donors (Lipinski definition) is 3. The summed E-state index contributed by atoms with van der Waals surface area (Å²) in [5, 5.41) is 5.38. The number of halogens is 3. The van der Waals surface area contributed by atoms with E-state index in [4.69, 9.17) is 5.73 Å². The zero-order valence-electron chi connectivity index (χ0n) is 14.5. The number of nitrogens with two attached hydrogens (primary N) is 1. The molecule has 0 spiro atoms. The maximum Gasteiger partial charge on any atom is 0.416 e. The van der Waals surface area contributed by atoms with E-state index in [0.717, 1.165) is 29.8 Å². The SMILES string of the molecule is NCCCC(=O)Nc1ccc(CNC(=O)c2ccc(C(F)(F)F)cc2)cc1. The Hall–Kier alpha value is -2.87. The van der Waals surface area contributed by atoms with Crippen LogP contribution in [0.1, 0.15) is 34.3 Å². The van der Waals surface area contributed by atoms with Crippen molar-refractivity contribution in [2.24, 2.45) is 5.73 Å². The van der Waals surface area contributed by atoms with E-state index in [-0.39, 0.29) is 18.0 Å². The first-order valence-corrected chi connectivity index (χ1v) is 8.34. The Bertz CT molecular complexity index is 772. The normalized spacial score (nSPS) is 11.1. The summed E-state index contributed by atoms with van der Waals surface area (Å²) in [7, 11) is 0. The molecule has 144 valence electrons. The van der Waals surface area contributed by atoms with Gasteiger partial charge in [-0.05, 0) is 54.9 Å². The van der Waals surface area contributed by atoms with Crippen LogP contribution in [0.15, 0.2) is 48.5 Å². The number of carbonyl (C=O) groups is 2. The maximum absolute atomic E-state index is 12.5. The molecule has 0 heterocycles. The summed E-state index contributed by atoms with van der Waals surface area (Å²) in [6, 6.07) is 10.9. The lowest BCUT2D eigenvalue weighted by Crippen LogP contribution is -2.23. The molecule has 0 fully saturated rings. The van der Waals surface area contributed by atoms with Crippen LogP contribution in [-0.4, -0.2) is 18.4 Å². The molecule has 2 amide bonds. The average molecular weight is 379 g/mol. The number of amides is 2. The fraction of sp³-hybridized carbons (Fsp3) is 0.263. The fourth-order valence-electron chi connectivity index (χ4n) is 2.29. The van der Waals surface area contributed by atoms with E-state index in [1.54, 1.807) is 24.3 Å². The third kappa shape index (κ3) is 6.41. The Morgan fingerprint density at radius 2 is 1.59 bits per heavy atom. The molecule has 0 aliphatic heterocycles. The van der Waals surface area contributed by atoms with Crippen LogP contribution < -0.4 is 16.4 Å². The molecule has 8 heteroatoms. The molecule has 2 aromatic rings. The van der Waals surface area contributed by atoms with Crippen molar-refractivity contribution in [2.75, 3.05) is 11.9 Å². The van der Waals surface area contributed by atoms with E-state index < -0.39 is 17.6 Å². The summed E-state index contributed by atoms with van der Waals surface area (Å²) in [6.07, 6.45) is -3.47. The van der Waals surface area contributed by atoms with Crippen molar-refractivity contribution in [3.8, 4) is 0 Å². The highest BCUT2D eigenvalue weighted by Crippen LogP contribution is 2.29. The maximum atomic E-state index is 12.5. The Labute approximate surface area is 154 Å². The molecule has 27 heavy (non-hydrogen) atoms. The van der Waals surface area contributed by atoms with Crippen LogP contribution in [0.2, 0.25) is 0 Å². The summed E-state index contributed by atoms with van der Waals surface area (Å²) < 4.78 is 37.6. The van der Waals surface area contributed by atoms with Crippen molar-refractivity contribution in [3.63, 3.8) is 0 Å². The molecule has 0 aliphatic carbocycles. The highest BCUT2D eigenvalue weighted by Gasteiger charge is 2.30. The number of alkyl halides is 3. The number of benzene rings is 2. The van der Waals surface area contributed by atoms with Crippen molar-refractivity contribution in [1.82, 2.24) is 5.32 Å². The molecule has 4 N–H and O–H groups in total. The minimum Gasteiger partial charge on any atom is -0.348 e. The predicted octanol–water partition coefficient (Wildman–Crippen LogP) is 3.31. The van der Waals surface area contributed by atoms with Crippen molar-refractivity contribution < 1.29 is 22.8 Å². The van der Waals surface area contributed by atoms with Gasteiger partial charge < -0.3 is 16.4 Å². The summed E-state index contributed by atoms with van der Waals surface area (Å²) in [5.41, 5.74) is 6.12. The molecule has 0 aliphatic rings.